The smallest absolute Gasteiger partial charge is 0.254 e. The molecule has 0 bridgehead atoms. The highest BCUT2D eigenvalue weighted by molar-refractivity contribution is 7.91. The molecule has 5 nitrogen and oxygen atoms in total. The number of sulfonamides is 1. The third kappa shape index (κ3) is 2.41. The first-order valence-corrected chi connectivity index (χ1v) is 9.32. The summed E-state index contributed by atoms with van der Waals surface area (Å²) >= 11 is 1.21. The largest absolute Gasteiger partial charge is 0.390 e. The van der Waals surface area contributed by atoms with Crippen molar-refractivity contribution in [3.8, 4) is 0 Å². The molecule has 112 valence electrons. The van der Waals surface area contributed by atoms with Gasteiger partial charge in [-0.3, -0.25) is 0 Å². The maximum atomic E-state index is 12.6. The number of aliphatic hydroxyl groups is 1. The molecule has 1 aliphatic heterocycles. The summed E-state index contributed by atoms with van der Waals surface area (Å²) in [5.41, 5.74) is -0.645. The van der Waals surface area contributed by atoms with Crippen LogP contribution < -0.4 is 0 Å². The van der Waals surface area contributed by atoms with Gasteiger partial charge in [0.05, 0.1) is 16.8 Å². The molecule has 1 N–H and O–H groups in total. The lowest BCUT2D eigenvalue weighted by atomic mass is 9.72. The number of fused-ring (bicyclic) bond motifs is 1. The molecule has 0 radical (unpaired) electrons. The quantitative estimate of drug-likeness (QED) is 0.902. The zero-order valence-corrected chi connectivity index (χ0v) is 13.2. The summed E-state index contributed by atoms with van der Waals surface area (Å²) in [7, 11) is -3.44. The van der Waals surface area contributed by atoms with E-state index in [-0.39, 0.29) is 5.92 Å². The summed E-state index contributed by atoms with van der Waals surface area (Å²) in [6, 6.07) is 0. The topological polar surface area (TPSA) is 70.5 Å². The Kier molecular flexibility index (Phi) is 3.64. The number of aryl methyl sites for hydroxylation is 1. The Morgan fingerprint density at radius 2 is 2.25 bits per heavy atom. The molecule has 1 saturated heterocycles. The van der Waals surface area contributed by atoms with E-state index in [2.05, 4.69) is 4.98 Å². The monoisotopic (exact) mass is 316 g/mol. The van der Waals surface area contributed by atoms with Crippen LogP contribution in [0.2, 0.25) is 0 Å². The maximum absolute atomic E-state index is 12.6. The van der Waals surface area contributed by atoms with Crippen molar-refractivity contribution in [1.82, 2.24) is 9.29 Å². The molecule has 1 aromatic rings. The number of hydrogen-bond acceptors (Lipinski definition) is 5. The van der Waals surface area contributed by atoms with E-state index in [4.69, 9.17) is 0 Å². The highest BCUT2D eigenvalue weighted by Gasteiger charge is 2.45. The minimum Gasteiger partial charge on any atom is -0.390 e. The van der Waals surface area contributed by atoms with Crippen molar-refractivity contribution >= 4 is 21.4 Å². The lowest BCUT2D eigenvalue weighted by Crippen LogP contribution is -2.54. The van der Waals surface area contributed by atoms with Gasteiger partial charge in [-0.15, -0.1) is 11.3 Å². The summed E-state index contributed by atoms with van der Waals surface area (Å²) in [4.78, 5) is 4.04. The molecule has 2 heterocycles. The standard InChI is InChI=1S/C13H20N2O3S2/c1-10-14-8-12(19-10)20(17,18)15-7-6-13(16)5-3-2-4-11(13)9-15/h8,11,16H,2-7,9H2,1H3. The van der Waals surface area contributed by atoms with Crippen LogP contribution in [0.3, 0.4) is 0 Å². The lowest BCUT2D eigenvalue weighted by Gasteiger charge is -2.46. The highest BCUT2D eigenvalue weighted by Crippen LogP contribution is 2.41. The van der Waals surface area contributed by atoms with Crippen LogP contribution in [0.1, 0.15) is 37.1 Å². The third-order valence-corrected chi connectivity index (χ3v) is 7.80. The van der Waals surface area contributed by atoms with Gasteiger partial charge in [0.2, 0.25) is 0 Å². The molecule has 0 amide bonds. The maximum Gasteiger partial charge on any atom is 0.254 e. The molecule has 2 aliphatic rings. The Morgan fingerprint density at radius 3 is 2.95 bits per heavy atom. The van der Waals surface area contributed by atoms with E-state index in [1.54, 1.807) is 6.92 Å². The van der Waals surface area contributed by atoms with Gasteiger partial charge >= 0.3 is 0 Å². The Labute approximate surface area is 123 Å². The van der Waals surface area contributed by atoms with Gasteiger partial charge in [-0.05, 0) is 26.2 Å². The molecule has 20 heavy (non-hydrogen) atoms. The van der Waals surface area contributed by atoms with Gasteiger partial charge in [-0.25, -0.2) is 13.4 Å². The molecule has 1 saturated carbocycles. The first-order chi connectivity index (χ1) is 9.42. The molecule has 2 unspecified atom stereocenters. The van der Waals surface area contributed by atoms with Gasteiger partial charge in [0, 0.05) is 19.0 Å². The van der Waals surface area contributed by atoms with E-state index in [1.165, 1.54) is 21.8 Å². The van der Waals surface area contributed by atoms with Crippen molar-refractivity contribution in [2.45, 2.75) is 48.8 Å². The normalized spacial score (nSPS) is 32.0. The molecule has 1 aliphatic carbocycles. The first-order valence-electron chi connectivity index (χ1n) is 7.07. The molecular formula is C13H20N2O3S2. The van der Waals surface area contributed by atoms with Crippen LogP contribution in [0.4, 0.5) is 0 Å². The van der Waals surface area contributed by atoms with Crippen molar-refractivity contribution in [3.63, 3.8) is 0 Å². The number of rotatable bonds is 2. The van der Waals surface area contributed by atoms with Crippen molar-refractivity contribution in [2.24, 2.45) is 5.92 Å². The summed E-state index contributed by atoms with van der Waals surface area (Å²) in [6.45, 7) is 2.65. The number of thiazole rings is 1. The average Bonchev–Trinajstić information content (AvgIpc) is 2.85. The predicted molar refractivity (Wildman–Crippen MR) is 77.1 cm³/mol. The predicted octanol–water partition coefficient (Wildman–Crippen LogP) is 1.77. The van der Waals surface area contributed by atoms with Gasteiger partial charge in [0.25, 0.3) is 10.0 Å². The van der Waals surface area contributed by atoms with E-state index in [0.29, 0.717) is 23.7 Å². The van der Waals surface area contributed by atoms with Crippen LogP contribution in [0.25, 0.3) is 0 Å². The third-order valence-electron chi connectivity index (χ3n) is 4.58. The number of nitrogens with zero attached hydrogens (tertiary/aromatic N) is 2. The van der Waals surface area contributed by atoms with E-state index in [1.807, 2.05) is 0 Å². The second kappa shape index (κ2) is 5.05. The van der Waals surface area contributed by atoms with Crippen molar-refractivity contribution in [1.29, 1.82) is 0 Å². The molecule has 3 rings (SSSR count). The summed E-state index contributed by atoms with van der Waals surface area (Å²) in [5, 5.41) is 11.4. The van der Waals surface area contributed by atoms with Gasteiger partial charge in [-0.1, -0.05) is 12.8 Å². The van der Waals surface area contributed by atoms with E-state index >= 15 is 0 Å². The molecule has 1 aromatic heterocycles. The van der Waals surface area contributed by atoms with Gasteiger partial charge in [0.15, 0.2) is 4.21 Å². The second-order valence-corrected chi connectivity index (χ2v) is 9.26. The number of hydrogen-bond donors (Lipinski definition) is 1. The van der Waals surface area contributed by atoms with E-state index < -0.39 is 15.6 Å². The fraction of sp³-hybridized carbons (Fsp3) is 0.769. The minimum atomic E-state index is -3.44. The van der Waals surface area contributed by atoms with Gasteiger partial charge in [0.1, 0.15) is 0 Å². The molecule has 0 aromatic carbocycles. The SMILES string of the molecule is Cc1ncc(S(=O)(=O)N2CCC3(O)CCCCC3C2)s1. The van der Waals surface area contributed by atoms with E-state index in [0.717, 1.165) is 30.7 Å². The molecular weight excluding hydrogens is 296 g/mol. The fourth-order valence-corrected chi connectivity index (χ4v) is 6.10. The van der Waals surface area contributed by atoms with Crippen molar-refractivity contribution in [3.05, 3.63) is 11.2 Å². The van der Waals surface area contributed by atoms with Crippen LogP contribution in [0.5, 0.6) is 0 Å². The summed E-state index contributed by atoms with van der Waals surface area (Å²) in [5.74, 6) is 0.0776. The zero-order chi connectivity index (χ0) is 14.4. The van der Waals surface area contributed by atoms with Gasteiger partial charge < -0.3 is 5.11 Å². The lowest BCUT2D eigenvalue weighted by molar-refractivity contribution is -0.0816. The Bertz CT molecular complexity index is 599. The molecule has 0 spiro atoms. The van der Waals surface area contributed by atoms with Crippen LogP contribution >= 0.6 is 11.3 Å². The summed E-state index contributed by atoms with van der Waals surface area (Å²) in [6.07, 6.45) is 5.86. The number of piperidine rings is 1. The minimum absolute atomic E-state index is 0.0776. The Balaban J connectivity index is 1.82. The Hall–Kier alpha value is -0.500. The fourth-order valence-electron chi connectivity index (χ4n) is 3.35. The van der Waals surface area contributed by atoms with Crippen LogP contribution in [0.15, 0.2) is 10.4 Å². The number of aromatic nitrogens is 1. The second-order valence-electron chi connectivity index (χ2n) is 5.86. The van der Waals surface area contributed by atoms with Crippen LogP contribution in [-0.2, 0) is 10.0 Å². The summed E-state index contributed by atoms with van der Waals surface area (Å²) < 4.78 is 27.0. The van der Waals surface area contributed by atoms with Gasteiger partial charge in [-0.2, -0.15) is 4.31 Å². The van der Waals surface area contributed by atoms with Crippen LogP contribution in [-0.4, -0.2) is 41.5 Å². The highest BCUT2D eigenvalue weighted by atomic mass is 32.2. The first kappa shape index (κ1) is 14.4. The molecule has 2 atom stereocenters. The molecule has 2 fully saturated rings. The average molecular weight is 316 g/mol. The van der Waals surface area contributed by atoms with Crippen LogP contribution in [0, 0.1) is 12.8 Å². The van der Waals surface area contributed by atoms with Crippen molar-refractivity contribution in [2.75, 3.05) is 13.1 Å². The van der Waals surface area contributed by atoms with Crippen molar-refractivity contribution < 1.29 is 13.5 Å². The zero-order valence-electron chi connectivity index (χ0n) is 11.6. The molecule has 7 heteroatoms. The Morgan fingerprint density at radius 1 is 1.45 bits per heavy atom. The van der Waals surface area contributed by atoms with E-state index in [9.17, 15) is 13.5 Å².